The molecule has 140 valence electrons. The predicted octanol–water partition coefficient (Wildman–Crippen LogP) is 3.74. The molecule has 27 heavy (non-hydrogen) atoms. The molecule has 0 saturated carbocycles. The Morgan fingerprint density at radius 2 is 1.74 bits per heavy atom. The molecule has 0 aliphatic carbocycles. The number of aromatic nitrogens is 3. The first-order valence-electron chi connectivity index (χ1n) is 9.92. The van der Waals surface area contributed by atoms with Gasteiger partial charge in [-0.3, -0.25) is 4.90 Å². The lowest BCUT2D eigenvalue weighted by Gasteiger charge is -2.21. The van der Waals surface area contributed by atoms with Crippen molar-refractivity contribution in [1.82, 2.24) is 19.7 Å². The SMILES string of the molecule is Cc1ccc(CN2CCc3nnc(CCc4ccccc4)n3CC2)c(C)c1. The number of nitrogens with zero attached hydrogens (tertiary/aromatic N) is 4. The van der Waals surface area contributed by atoms with Crippen molar-refractivity contribution in [3.05, 3.63) is 82.4 Å². The third-order valence-corrected chi connectivity index (χ3v) is 5.57. The van der Waals surface area contributed by atoms with Crippen LogP contribution in [0.5, 0.6) is 0 Å². The van der Waals surface area contributed by atoms with Crippen molar-refractivity contribution >= 4 is 0 Å². The Kier molecular flexibility index (Phi) is 5.35. The molecule has 0 unspecified atom stereocenters. The van der Waals surface area contributed by atoms with E-state index >= 15 is 0 Å². The molecule has 0 radical (unpaired) electrons. The van der Waals surface area contributed by atoms with Crippen LogP contribution < -0.4 is 0 Å². The molecule has 4 nitrogen and oxygen atoms in total. The van der Waals surface area contributed by atoms with Crippen LogP contribution in [0, 0.1) is 13.8 Å². The van der Waals surface area contributed by atoms with Crippen LogP contribution >= 0.6 is 0 Å². The summed E-state index contributed by atoms with van der Waals surface area (Å²) in [6.07, 6.45) is 2.95. The van der Waals surface area contributed by atoms with Gasteiger partial charge in [0, 0.05) is 39.0 Å². The second kappa shape index (κ2) is 8.05. The highest BCUT2D eigenvalue weighted by Crippen LogP contribution is 2.17. The highest BCUT2D eigenvalue weighted by Gasteiger charge is 2.19. The average Bonchev–Trinajstić information content (AvgIpc) is 2.95. The summed E-state index contributed by atoms with van der Waals surface area (Å²) in [5.41, 5.74) is 5.52. The van der Waals surface area contributed by atoms with Gasteiger partial charge in [0.15, 0.2) is 0 Å². The van der Waals surface area contributed by atoms with Gasteiger partial charge in [0.05, 0.1) is 0 Å². The number of hydrogen-bond acceptors (Lipinski definition) is 3. The van der Waals surface area contributed by atoms with Gasteiger partial charge in [-0.25, -0.2) is 0 Å². The van der Waals surface area contributed by atoms with Crippen molar-refractivity contribution in [2.45, 2.75) is 46.2 Å². The minimum absolute atomic E-state index is 0.952. The Bertz CT molecular complexity index is 898. The molecule has 2 aromatic carbocycles. The van der Waals surface area contributed by atoms with Gasteiger partial charge in [0.1, 0.15) is 11.6 Å². The monoisotopic (exact) mass is 360 g/mol. The van der Waals surface area contributed by atoms with Crippen molar-refractivity contribution in [3.63, 3.8) is 0 Å². The maximum absolute atomic E-state index is 4.49. The van der Waals surface area contributed by atoms with Crippen LogP contribution in [0.15, 0.2) is 48.5 Å². The van der Waals surface area contributed by atoms with Gasteiger partial charge in [-0.1, -0.05) is 54.1 Å². The first-order chi connectivity index (χ1) is 13.2. The van der Waals surface area contributed by atoms with Crippen LogP contribution in [0.25, 0.3) is 0 Å². The lowest BCUT2D eigenvalue weighted by Crippen LogP contribution is -2.27. The van der Waals surface area contributed by atoms with Crippen LogP contribution in [0.3, 0.4) is 0 Å². The zero-order chi connectivity index (χ0) is 18.6. The molecular weight excluding hydrogens is 332 g/mol. The highest BCUT2D eigenvalue weighted by molar-refractivity contribution is 5.30. The predicted molar refractivity (Wildman–Crippen MR) is 109 cm³/mol. The fourth-order valence-corrected chi connectivity index (χ4v) is 3.93. The van der Waals surface area contributed by atoms with Gasteiger partial charge in [-0.15, -0.1) is 10.2 Å². The number of aryl methyl sites for hydroxylation is 4. The van der Waals surface area contributed by atoms with Gasteiger partial charge in [0.25, 0.3) is 0 Å². The van der Waals surface area contributed by atoms with E-state index in [2.05, 4.69) is 82.0 Å². The fraction of sp³-hybridized carbons (Fsp3) is 0.391. The lowest BCUT2D eigenvalue weighted by molar-refractivity contribution is 0.270. The van der Waals surface area contributed by atoms with E-state index in [1.807, 2.05) is 0 Å². The van der Waals surface area contributed by atoms with Gasteiger partial charge in [0.2, 0.25) is 0 Å². The van der Waals surface area contributed by atoms with Crippen LogP contribution in [0.4, 0.5) is 0 Å². The first kappa shape index (κ1) is 17.9. The van der Waals surface area contributed by atoms with Crippen LogP contribution in [-0.2, 0) is 32.4 Å². The molecule has 3 aromatic rings. The van der Waals surface area contributed by atoms with Crippen molar-refractivity contribution in [2.75, 3.05) is 13.1 Å². The van der Waals surface area contributed by atoms with Crippen molar-refractivity contribution in [3.8, 4) is 0 Å². The van der Waals surface area contributed by atoms with E-state index in [4.69, 9.17) is 0 Å². The number of fused-ring (bicyclic) bond motifs is 1. The molecule has 0 saturated heterocycles. The summed E-state index contributed by atoms with van der Waals surface area (Å²) in [4.78, 5) is 2.55. The molecule has 0 spiro atoms. The third-order valence-electron chi connectivity index (χ3n) is 5.57. The van der Waals surface area contributed by atoms with Gasteiger partial charge >= 0.3 is 0 Å². The standard InChI is InChI=1S/C23H28N4/c1-18-8-10-21(19(2)16-18)17-26-13-12-23-25-24-22(27(23)15-14-26)11-9-20-6-4-3-5-7-20/h3-8,10,16H,9,11-15,17H2,1-2H3. The fourth-order valence-electron chi connectivity index (χ4n) is 3.93. The minimum Gasteiger partial charge on any atom is -0.314 e. The maximum Gasteiger partial charge on any atom is 0.134 e. The summed E-state index contributed by atoms with van der Waals surface area (Å²) < 4.78 is 2.35. The average molecular weight is 361 g/mol. The second-order valence-corrected chi connectivity index (χ2v) is 7.63. The van der Waals surface area contributed by atoms with Crippen molar-refractivity contribution in [1.29, 1.82) is 0 Å². The quantitative estimate of drug-likeness (QED) is 0.695. The maximum atomic E-state index is 4.49. The molecule has 2 heterocycles. The molecule has 1 aromatic heterocycles. The molecule has 0 amide bonds. The summed E-state index contributed by atoms with van der Waals surface area (Å²) >= 11 is 0. The number of hydrogen-bond donors (Lipinski definition) is 0. The molecule has 1 aliphatic heterocycles. The normalized spacial score (nSPS) is 14.7. The molecule has 0 bridgehead atoms. The Balaban J connectivity index is 1.40. The number of rotatable bonds is 5. The summed E-state index contributed by atoms with van der Waals surface area (Å²) in [5.74, 6) is 2.27. The Labute approximate surface area is 161 Å². The molecule has 0 atom stereocenters. The van der Waals surface area contributed by atoms with E-state index in [0.29, 0.717) is 0 Å². The Morgan fingerprint density at radius 1 is 0.889 bits per heavy atom. The summed E-state index contributed by atoms with van der Waals surface area (Å²) in [7, 11) is 0. The van der Waals surface area contributed by atoms with E-state index in [-0.39, 0.29) is 0 Å². The second-order valence-electron chi connectivity index (χ2n) is 7.63. The zero-order valence-corrected chi connectivity index (χ0v) is 16.4. The van der Waals surface area contributed by atoms with Gasteiger partial charge in [-0.2, -0.15) is 0 Å². The topological polar surface area (TPSA) is 34.0 Å². The van der Waals surface area contributed by atoms with Crippen molar-refractivity contribution in [2.24, 2.45) is 0 Å². The van der Waals surface area contributed by atoms with Crippen molar-refractivity contribution < 1.29 is 0 Å². The van der Waals surface area contributed by atoms with Crippen LogP contribution in [0.1, 0.15) is 33.9 Å². The minimum atomic E-state index is 0.952. The van der Waals surface area contributed by atoms with Gasteiger partial charge in [-0.05, 0) is 37.0 Å². The summed E-state index contributed by atoms with van der Waals surface area (Å²) in [5, 5.41) is 8.97. The van der Waals surface area contributed by atoms with Gasteiger partial charge < -0.3 is 4.57 Å². The molecule has 0 fully saturated rings. The van der Waals surface area contributed by atoms with E-state index in [1.165, 1.54) is 22.3 Å². The summed E-state index contributed by atoms with van der Waals surface area (Å²) in [6, 6.07) is 17.4. The third kappa shape index (κ3) is 4.28. The first-order valence-corrected chi connectivity index (χ1v) is 9.92. The molecule has 1 aliphatic rings. The van der Waals surface area contributed by atoms with E-state index < -0.39 is 0 Å². The Morgan fingerprint density at radius 3 is 2.56 bits per heavy atom. The molecule has 4 rings (SSSR count). The number of benzene rings is 2. The van der Waals surface area contributed by atoms with Crippen LogP contribution in [-0.4, -0.2) is 32.8 Å². The Hall–Kier alpha value is -2.46. The van der Waals surface area contributed by atoms with E-state index in [0.717, 1.165) is 57.1 Å². The molecule has 4 heteroatoms. The van der Waals surface area contributed by atoms with Crippen LogP contribution in [0.2, 0.25) is 0 Å². The molecular formula is C23H28N4. The van der Waals surface area contributed by atoms with E-state index in [9.17, 15) is 0 Å². The lowest BCUT2D eigenvalue weighted by atomic mass is 10.1. The zero-order valence-electron chi connectivity index (χ0n) is 16.4. The van der Waals surface area contributed by atoms with E-state index in [1.54, 1.807) is 0 Å². The summed E-state index contributed by atoms with van der Waals surface area (Å²) in [6.45, 7) is 8.48. The largest absolute Gasteiger partial charge is 0.314 e. The highest BCUT2D eigenvalue weighted by atomic mass is 15.3. The smallest absolute Gasteiger partial charge is 0.134 e. The molecule has 0 N–H and O–H groups in total.